The smallest absolute Gasteiger partial charge is 0.303 e. The molecule has 0 spiro atoms. The van der Waals surface area contributed by atoms with E-state index in [0.29, 0.717) is 5.69 Å². The molecule has 0 aliphatic rings. The number of benzene rings is 2. The van der Waals surface area contributed by atoms with Crippen LogP contribution in [0.25, 0.3) is 0 Å². The topological polar surface area (TPSA) is 113 Å². The first kappa shape index (κ1) is 20.4. The highest BCUT2D eigenvalue weighted by atomic mass is 32.2. The lowest BCUT2D eigenvalue weighted by Gasteiger charge is -2.12. The Bertz CT molecular complexity index is 941. The van der Waals surface area contributed by atoms with Crippen molar-refractivity contribution in [3.8, 4) is 0 Å². The van der Waals surface area contributed by atoms with E-state index in [1.165, 1.54) is 24.3 Å². The van der Waals surface area contributed by atoms with Gasteiger partial charge in [0.1, 0.15) is 0 Å². The molecule has 1 amide bonds. The van der Waals surface area contributed by atoms with Gasteiger partial charge in [-0.25, -0.2) is 8.42 Å². The Morgan fingerprint density at radius 2 is 1.81 bits per heavy atom. The third kappa shape index (κ3) is 6.10. The minimum atomic E-state index is -3.84. The predicted molar refractivity (Wildman–Crippen MR) is 102 cm³/mol. The van der Waals surface area contributed by atoms with Gasteiger partial charge in [0.15, 0.2) is 0 Å². The maximum Gasteiger partial charge on any atom is 0.303 e. The summed E-state index contributed by atoms with van der Waals surface area (Å²) >= 11 is 0. The van der Waals surface area contributed by atoms with Crippen LogP contribution in [0.3, 0.4) is 0 Å². The second-order valence-corrected chi connectivity index (χ2v) is 8.10. The number of anilines is 1. The van der Waals surface area contributed by atoms with E-state index in [0.717, 1.165) is 5.56 Å². The monoisotopic (exact) mass is 390 g/mol. The van der Waals surface area contributed by atoms with Crippen LogP contribution in [0.2, 0.25) is 0 Å². The highest BCUT2D eigenvalue weighted by Gasteiger charge is 2.17. The van der Waals surface area contributed by atoms with E-state index in [2.05, 4.69) is 10.0 Å². The SMILES string of the molecule is Cc1cccc(NS(=O)(=O)c2cccc(C(=O)NCC(C)CC(=O)O)c2)c1. The van der Waals surface area contributed by atoms with Gasteiger partial charge in [0.05, 0.1) is 4.90 Å². The van der Waals surface area contributed by atoms with Gasteiger partial charge in [-0.15, -0.1) is 0 Å². The zero-order valence-electron chi connectivity index (χ0n) is 15.1. The number of nitrogens with one attached hydrogen (secondary N) is 2. The summed E-state index contributed by atoms with van der Waals surface area (Å²) in [4.78, 5) is 22.9. The number of aryl methyl sites for hydroxylation is 1. The summed E-state index contributed by atoms with van der Waals surface area (Å²) < 4.78 is 27.6. The van der Waals surface area contributed by atoms with Crippen LogP contribution in [0, 0.1) is 12.8 Å². The highest BCUT2D eigenvalue weighted by Crippen LogP contribution is 2.18. The minimum Gasteiger partial charge on any atom is -0.481 e. The van der Waals surface area contributed by atoms with Crippen LogP contribution in [-0.4, -0.2) is 31.9 Å². The number of carbonyl (C=O) groups excluding carboxylic acids is 1. The molecule has 0 aromatic heterocycles. The van der Waals surface area contributed by atoms with E-state index < -0.39 is 21.9 Å². The van der Waals surface area contributed by atoms with Crippen molar-refractivity contribution in [1.82, 2.24) is 5.32 Å². The average molecular weight is 390 g/mol. The number of carboxylic acid groups (broad SMARTS) is 1. The van der Waals surface area contributed by atoms with Crippen molar-refractivity contribution in [2.75, 3.05) is 11.3 Å². The third-order valence-corrected chi connectivity index (χ3v) is 5.19. The molecule has 0 aliphatic carbocycles. The molecule has 0 saturated heterocycles. The predicted octanol–water partition coefficient (Wildman–Crippen LogP) is 2.64. The molecule has 0 fully saturated rings. The Labute approximate surface area is 158 Å². The average Bonchev–Trinajstić information content (AvgIpc) is 2.59. The molecule has 144 valence electrons. The highest BCUT2D eigenvalue weighted by molar-refractivity contribution is 7.92. The molecular formula is C19H22N2O5S. The molecule has 2 rings (SSSR count). The zero-order valence-corrected chi connectivity index (χ0v) is 15.9. The van der Waals surface area contributed by atoms with Crippen LogP contribution >= 0.6 is 0 Å². The Hall–Kier alpha value is -2.87. The molecule has 0 radical (unpaired) electrons. The van der Waals surface area contributed by atoms with Crippen LogP contribution in [-0.2, 0) is 14.8 Å². The molecule has 8 heteroatoms. The van der Waals surface area contributed by atoms with E-state index in [1.54, 1.807) is 25.1 Å². The normalized spacial score (nSPS) is 12.2. The first-order valence-corrected chi connectivity index (χ1v) is 9.85. The Morgan fingerprint density at radius 3 is 2.48 bits per heavy atom. The van der Waals surface area contributed by atoms with Crippen molar-refractivity contribution in [3.63, 3.8) is 0 Å². The minimum absolute atomic E-state index is 0.0322. The van der Waals surface area contributed by atoms with Gasteiger partial charge in [-0.1, -0.05) is 25.1 Å². The number of hydrogen-bond acceptors (Lipinski definition) is 4. The van der Waals surface area contributed by atoms with Crippen molar-refractivity contribution in [2.24, 2.45) is 5.92 Å². The summed E-state index contributed by atoms with van der Waals surface area (Å²) in [5.74, 6) is -1.63. The third-order valence-electron chi connectivity index (χ3n) is 3.81. The fourth-order valence-corrected chi connectivity index (χ4v) is 3.56. The van der Waals surface area contributed by atoms with E-state index in [4.69, 9.17) is 5.11 Å². The van der Waals surface area contributed by atoms with Gasteiger partial charge in [0.25, 0.3) is 15.9 Å². The molecule has 7 nitrogen and oxygen atoms in total. The van der Waals surface area contributed by atoms with Gasteiger partial charge in [0.2, 0.25) is 0 Å². The number of aliphatic carboxylic acids is 1. The van der Waals surface area contributed by atoms with Crippen LogP contribution in [0.1, 0.15) is 29.3 Å². The molecule has 0 bridgehead atoms. The number of carboxylic acids is 1. The summed E-state index contributed by atoms with van der Waals surface area (Å²) in [5, 5.41) is 11.4. The molecule has 1 atom stereocenters. The molecule has 2 aromatic rings. The lowest BCUT2D eigenvalue weighted by atomic mass is 10.1. The fraction of sp³-hybridized carbons (Fsp3) is 0.263. The van der Waals surface area contributed by atoms with Gasteiger partial charge in [-0.3, -0.25) is 14.3 Å². The second-order valence-electron chi connectivity index (χ2n) is 6.42. The van der Waals surface area contributed by atoms with Crippen LogP contribution in [0.15, 0.2) is 53.4 Å². The van der Waals surface area contributed by atoms with E-state index in [9.17, 15) is 18.0 Å². The maximum absolute atomic E-state index is 12.6. The molecule has 2 aromatic carbocycles. The van der Waals surface area contributed by atoms with E-state index >= 15 is 0 Å². The van der Waals surface area contributed by atoms with Crippen molar-refractivity contribution < 1.29 is 23.1 Å². The van der Waals surface area contributed by atoms with Crippen molar-refractivity contribution in [2.45, 2.75) is 25.2 Å². The van der Waals surface area contributed by atoms with Crippen LogP contribution in [0.5, 0.6) is 0 Å². The lowest BCUT2D eigenvalue weighted by Crippen LogP contribution is -2.29. The first-order valence-electron chi connectivity index (χ1n) is 8.37. The van der Waals surface area contributed by atoms with E-state index in [-0.39, 0.29) is 29.3 Å². The number of amides is 1. The van der Waals surface area contributed by atoms with Gasteiger partial charge < -0.3 is 10.4 Å². The van der Waals surface area contributed by atoms with Gasteiger partial charge in [-0.2, -0.15) is 0 Å². The molecular weight excluding hydrogens is 368 g/mol. The Kier molecular flexibility index (Phi) is 6.57. The Balaban J connectivity index is 2.11. The molecule has 1 unspecified atom stereocenters. The summed E-state index contributed by atoms with van der Waals surface area (Å²) in [5.41, 5.74) is 1.54. The molecule has 0 heterocycles. The summed E-state index contributed by atoms with van der Waals surface area (Å²) in [6.07, 6.45) is -0.0604. The van der Waals surface area contributed by atoms with Gasteiger partial charge >= 0.3 is 5.97 Å². The van der Waals surface area contributed by atoms with Crippen LogP contribution in [0.4, 0.5) is 5.69 Å². The lowest BCUT2D eigenvalue weighted by molar-refractivity contribution is -0.137. The largest absolute Gasteiger partial charge is 0.481 e. The van der Waals surface area contributed by atoms with Gasteiger partial charge in [0, 0.05) is 24.2 Å². The molecule has 3 N–H and O–H groups in total. The van der Waals surface area contributed by atoms with Crippen molar-refractivity contribution in [3.05, 3.63) is 59.7 Å². The number of hydrogen-bond donors (Lipinski definition) is 3. The quantitative estimate of drug-likeness (QED) is 0.641. The van der Waals surface area contributed by atoms with E-state index in [1.807, 2.05) is 13.0 Å². The summed E-state index contributed by atoms with van der Waals surface area (Å²) in [7, 11) is -3.84. The number of rotatable bonds is 8. The molecule has 0 saturated carbocycles. The standard InChI is InChI=1S/C19H22N2O5S/c1-13-5-3-7-16(9-13)21-27(25,26)17-8-4-6-15(11-17)19(24)20-12-14(2)10-18(22)23/h3-9,11,14,21H,10,12H2,1-2H3,(H,20,24)(H,22,23). The molecule has 0 aliphatic heterocycles. The summed E-state index contributed by atoms with van der Waals surface area (Å²) in [6, 6.07) is 12.6. The maximum atomic E-state index is 12.6. The van der Waals surface area contributed by atoms with Gasteiger partial charge in [-0.05, 0) is 48.7 Å². The zero-order chi connectivity index (χ0) is 20.0. The number of sulfonamides is 1. The molecule has 27 heavy (non-hydrogen) atoms. The Morgan fingerprint density at radius 1 is 1.11 bits per heavy atom. The fourth-order valence-electron chi connectivity index (χ4n) is 2.47. The van der Waals surface area contributed by atoms with Crippen molar-refractivity contribution in [1.29, 1.82) is 0 Å². The van der Waals surface area contributed by atoms with Crippen molar-refractivity contribution >= 4 is 27.6 Å². The first-order chi connectivity index (χ1) is 12.7. The summed E-state index contributed by atoms with van der Waals surface area (Å²) in [6.45, 7) is 3.75. The number of carbonyl (C=O) groups is 2. The second kappa shape index (κ2) is 8.68. The van der Waals surface area contributed by atoms with Crippen LogP contribution < -0.4 is 10.0 Å².